The lowest BCUT2D eigenvalue weighted by Gasteiger charge is -2.24. The van der Waals surface area contributed by atoms with Crippen molar-refractivity contribution < 1.29 is 27.5 Å². The predicted octanol–water partition coefficient (Wildman–Crippen LogP) is 3.24. The summed E-state index contributed by atoms with van der Waals surface area (Å²) in [5.74, 6) is -0.785. The van der Waals surface area contributed by atoms with E-state index in [0.29, 0.717) is 11.4 Å². The number of carbonyl (C=O) groups is 2. The van der Waals surface area contributed by atoms with Crippen molar-refractivity contribution in [1.82, 2.24) is 0 Å². The number of ether oxygens (including phenoxy) is 1. The summed E-state index contributed by atoms with van der Waals surface area (Å²) in [6, 6.07) is 10.5. The highest BCUT2D eigenvalue weighted by molar-refractivity contribution is 6.07. The van der Waals surface area contributed by atoms with Crippen LogP contribution in [0, 0.1) is 0 Å². The molecule has 5 nitrogen and oxygen atoms in total. The van der Waals surface area contributed by atoms with Crippen LogP contribution in [0.25, 0.3) is 0 Å². The second-order valence-corrected chi connectivity index (χ2v) is 5.42. The van der Waals surface area contributed by atoms with E-state index in [-0.39, 0.29) is 18.5 Å². The van der Waals surface area contributed by atoms with Gasteiger partial charge >= 0.3 is 6.18 Å². The second-order valence-electron chi connectivity index (χ2n) is 5.42. The van der Waals surface area contributed by atoms with Gasteiger partial charge in [-0.3, -0.25) is 9.59 Å². The first-order valence-electron chi connectivity index (χ1n) is 7.64. The lowest BCUT2D eigenvalue weighted by atomic mass is 10.1. The molecule has 0 aliphatic rings. The van der Waals surface area contributed by atoms with E-state index in [1.807, 2.05) is 0 Å². The first-order chi connectivity index (χ1) is 12.2. The molecule has 0 spiro atoms. The molecule has 0 aliphatic carbocycles. The van der Waals surface area contributed by atoms with E-state index in [1.165, 1.54) is 12.0 Å². The zero-order chi connectivity index (χ0) is 19.3. The quantitative estimate of drug-likeness (QED) is 0.853. The summed E-state index contributed by atoms with van der Waals surface area (Å²) in [4.78, 5) is 25.2. The number of alkyl halides is 3. The number of nitrogens with zero attached hydrogens (tertiary/aromatic N) is 1. The van der Waals surface area contributed by atoms with Crippen molar-refractivity contribution in [2.45, 2.75) is 12.6 Å². The van der Waals surface area contributed by atoms with E-state index in [1.54, 1.807) is 24.3 Å². The summed E-state index contributed by atoms with van der Waals surface area (Å²) in [6.45, 7) is -0.0322. The van der Waals surface area contributed by atoms with Crippen LogP contribution in [0.3, 0.4) is 0 Å². The van der Waals surface area contributed by atoms with E-state index >= 15 is 0 Å². The van der Waals surface area contributed by atoms with Gasteiger partial charge in [-0.1, -0.05) is 12.1 Å². The normalized spacial score (nSPS) is 11.1. The lowest BCUT2D eigenvalue weighted by Crippen LogP contribution is -2.34. The number of carbonyl (C=O) groups excluding carboxylic acids is 2. The largest absolute Gasteiger partial charge is 0.495 e. The van der Waals surface area contributed by atoms with E-state index < -0.39 is 23.6 Å². The Bertz CT molecular complexity index is 789. The molecule has 2 rings (SSSR count). The minimum absolute atomic E-state index is 0.0322. The molecule has 8 heteroatoms. The molecule has 2 amide bonds. The highest BCUT2D eigenvalue weighted by Crippen LogP contribution is 2.31. The first kappa shape index (κ1) is 19.3. The molecule has 0 saturated heterocycles. The standard InChI is InChI=1S/C18H17F3N2O3/c1-26-15-5-3-2-4-14(15)23(11-10-16(22)24)17(25)12-6-8-13(9-7-12)18(19,20)21/h2-9H,10-11H2,1H3,(H2,22,24). The summed E-state index contributed by atoms with van der Waals surface area (Å²) in [6.07, 6.45) is -4.60. The molecule has 0 aliphatic heterocycles. The molecule has 0 saturated carbocycles. The van der Waals surface area contributed by atoms with Crippen molar-refractivity contribution in [3.8, 4) is 5.75 Å². The number of methoxy groups -OCH3 is 1. The van der Waals surface area contributed by atoms with E-state index in [2.05, 4.69) is 0 Å². The Morgan fingerprint density at radius 1 is 1.08 bits per heavy atom. The first-order valence-corrected chi connectivity index (χ1v) is 7.64. The number of para-hydroxylation sites is 2. The molecule has 0 aromatic heterocycles. The fourth-order valence-corrected chi connectivity index (χ4v) is 2.36. The van der Waals surface area contributed by atoms with Crippen molar-refractivity contribution in [3.63, 3.8) is 0 Å². The fourth-order valence-electron chi connectivity index (χ4n) is 2.36. The second kappa shape index (κ2) is 7.90. The minimum atomic E-state index is -4.49. The van der Waals surface area contributed by atoms with Gasteiger partial charge in [0.1, 0.15) is 5.75 Å². The van der Waals surface area contributed by atoms with Gasteiger partial charge in [-0.25, -0.2) is 0 Å². The highest BCUT2D eigenvalue weighted by Gasteiger charge is 2.30. The molecule has 0 radical (unpaired) electrons. The third-order valence-corrected chi connectivity index (χ3v) is 3.66. The van der Waals surface area contributed by atoms with Crippen LogP contribution in [0.4, 0.5) is 18.9 Å². The van der Waals surface area contributed by atoms with Crippen molar-refractivity contribution in [3.05, 3.63) is 59.7 Å². The maximum absolute atomic E-state index is 12.8. The number of amides is 2. The Balaban J connectivity index is 2.38. The zero-order valence-electron chi connectivity index (χ0n) is 13.9. The summed E-state index contributed by atoms with van der Waals surface area (Å²) in [5, 5.41) is 0. The van der Waals surface area contributed by atoms with Crippen LogP contribution in [-0.2, 0) is 11.0 Å². The number of nitrogens with two attached hydrogens (primary N) is 1. The average Bonchev–Trinajstić information content (AvgIpc) is 2.61. The van der Waals surface area contributed by atoms with E-state index in [9.17, 15) is 22.8 Å². The van der Waals surface area contributed by atoms with Crippen molar-refractivity contribution in [2.75, 3.05) is 18.6 Å². The molecule has 0 unspecified atom stereocenters. The fraction of sp³-hybridized carbons (Fsp3) is 0.222. The van der Waals surface area contributed by atoms with Crippen LogP contribution in [0.2, 0.25) is 0 Å². The molecule has 138 valence electrons. The third kappa shape index (κ3) is 4.53. The van der Waals surface area contributed by atoms with Crippen LogP contribution < -0.4 is 15.4 Å². The SMILES string of the molecule is COc1ccccc1N(CCC(N)=O)C(=O)c1ccc(C(F)(F)F)cc1. The van der Waals surface area contributed by atoms with Crippen molar-refractivity contribution >= 4 is 17.5 Å². The van der Waals surface area contributed by atoms with Gasteiger partial charge in [-0.2, -0.15) is 13.2 Å². The minimum Gasteiger partial charge on any atom is -0.495 e. The van der Waals surface area contributed by atoms with E-state index in [0.717, 1.165) is 24.3 Å². The maximum atomic E-state index is 12.8. The summed E-state index contributed by atoms with van der Waals surface area (Å²) in [5.41, 5.74) is 4.75. The number of anilines is 1. The van der Waals surface area contributed by atoms with Gasteiger partial charge in [0.2, 0.25) is 5.91 Å². The van der Waals surface area contributed by atoms with Gasteiger partial charge in [0.05, 0.1) is 18.4 Å². The van der Waals surface area contributed by atoms with Crippen LogP contribution in [0.15, 0.2) is 48.5 Å². The summed E-state index contributed by atoms with van der Waals surface area (Å²) in [7, 11) is 1.42. The molecule has 2 aromatic rings. The Morgan fingerprint density at radius 2 is 1.69 bits per heavy atom. The molecular formula is C18H17F3N2O3. The zero-order valence-corrected chi connectivity index (χ0v) is 13.9. The molecule has 0 heterocycles. The maximum Gasteiger partial charge on any atom is 0.416 e. The number of halogens is 3. The van der Waals surface area contributed by atoms with Gasteiger partial charge in [-0.05, 0) is 36.4 Å². The van der Waals surface area contributed by atoms with Gasteiger partial charge in [-0.15, -0.1) is 0 Å². The van der Waals surface area contributed by atoms with Gasteiger partial charge in [0.25, 0.3) is 5.91 Å². The van der Waals surface area contributed by atoms with Crippen molar-refractivity contribution in [1.29, 1.82) is 0 Å². The Hall–Kier alpha value is -3.03. The topological polar surface area (TPSA) is 72.6 Å². The molecule has 0 atom stereocenters. The molecule has 2 aromatic carbocycles. The smallest absolute Gasteiger partial charge is 0.416 e. The average molecular weight is 366 g/mol. The predicted molar refractivity (Wildman–Crippen MR) is 89.9 cm³/mol. The number of hydrogen-bond donors (Lipinski definition) is 1. The summed E-state index contributed by atoms with van der Waals surface area (Å²) < 4.78 is 43.3. The molecule has 0 bridgehead atoms. The van der Waals surface area contributed by atoms with Crippen molar-refractivity contribution in [2.24, 2.45) is 5.73 Å². The lowest BCUT2D eigenvalue weighted by molar-refractivity contribution is -0.137. The monoisotopic (exact) mass is 366 g/mol. The molecule has 2 N–H and O–H groups in total. The summed E-state index contributed by atoms with van der Waals surface area (Å²) >= 11 is 0. The number of benzene rings is 2. The Kier molecular flexibility index (Phi) is 5.86. The Morgan fingerprint density at radius 3 is 2.23 bits per heavy atom. The van der Waals surface area contributed by atoms with Crippen LogP contribution in [-0.4, -0.2) is 25.5 Å². The molecular weight excluding hydrogens is 349 g/mol. The number of hydrogen-bond acceptors (Lipinski definition) is 3. The highest BCUT2D eigenvalue weighted by atomic mass is 19.4. The number of rotatable bonds is 6. The van der Waals surface area contributed by atoms with Gasteiger partial charge in [0.15, 0.2) is 0 Å². The molecule has 0 fully saturated rings. The van der Waals surface area contributed by atoms with Gasteiger partial charge in [0, 0.05) is 18.5 Å². The molecule has 26 heavy (non-hydrogen) atoms. The Labute approximate surface area is 148 Å². The van der Waals surface area contributed by atoms with Crippen LogP contribution in [0.5, 0.6) is 5.75 Å². The van der Waals surface area contributed by atoms with Gasteiger partial charge < -0.3 is 15.4 Å². The van der Waals surface area contributed by atoms with E-state index in [4.69, 9.17) is 10.5 Å². The van der Waals surface area contributed by atoms with Crippen LogP contribution >= 0.6 is 0 Å². The number of primary amides is 1. The third-order valence-electron chi connectivity index (χ3n) is 3.66. The van der Waals surface area contributed by atoms with Crippen LogP contribution in [0.1, 0.15) is 22.3 Å².